The highest BCUT2D eigenvalue weighted by molar-refractivity contribution is 7.92. The first-order chi connectivity index (χ1) is 12.7. The molecule has 0 aliphatic heterocycles. The summed E-state index contributed by atoms with van der Waals surface area (Å²) in [5, 5.41) is 13.6. The number of nitro benzene ring substituents is 1. The molecule has 0 spiro atoms. The predicted molar refractivity (Wildman–Crippen MR) is 99.3 cm³/mol. The zero-order chi connectivity index (χ0) is 20.0. The third kappa shape index (κ3) is 5.42. The fourth-order valence-corrected chi connectivity index (χ4v) is 3.28. The molecular weight excluding hydrogens is 374 g/mol. The Hall–Kier alpha value is -3.14. The average Bonchev–Trinajstić information content (AvgIpc) is 2.60. The molecule has 0 aromatic heterocycles. The fraction of sp³-hybridized carbons (Fsp3) is 0.235. The highest BCUT2D eigenvalue weighted by Crippen LogP contribution is 2.25. The molecule has 0 fully saturated rings. The monoisotopic (exact) mass is 393 g/mol. The molecule has 9 nitrogen and oxygen atoms in total. The molecule has 27 heavy (non-hydrogen) atoms. The second-order valence-electron chi connectivity index (χ2n) is 5.58. The predicted octanol–water partition coefficient (Wildman–Crippen LogP) is 2.22. The van der Waals surface area contributed by atoms with Crippen molar-refractivity contribution in [3.63, 3.8) is 0 Å². The first-order valence-corrected chi connectivity index (χ1v) is 9.48. The third-order valence-electron chi connectivity index (χ3n) is 3.52. The van der Waals surface area contributed by atoms with E-state index < -0.39 is 14.9 Å². The standard InChI is InChI=1S/C17H19N3O6S/c1-3-18-17(21)11-26-14-6-4-5-13(9-14)19-27(24,25)15-8-7-12(2)16(10-15)20(22)23/h4-10,19H,3,11H2,1-2H3,(H,18,21). The smallest absolute Gasteiger partial charge is 0.273 e. The van der Waals surface area contributed by atoms with Gasteiger partial charge in [0.1, 0.15) is 5.75 Å². The Balaban J connectivity index is 2.18. The molecule has 144 valence electrons. The maximum atomic E-state index is 12.5. The number of nitro groups is 1. The number of hydrogen-bond donors (Lipinski definition) is 2. The molecule has 0 saturated carbocycles. The van der Waals surface area contributed by atoms with E-state index in [4.69, 9.17) is 4.74 Å². The van der Waals surface area contributed by atoms with Crippen molar-refractivity contribution in [1.82, 2.24) is 5.32 Å². The number of sulfonamides is 1. The van der Waals surface area contributed by atoms with Crippen LogP contribution in [-0.2, 0) is 14.8 Å². The summed E-state index contributed by atoms with van der Waals surface area (Å²) in [5.41, 5.74) is 0.281. The van der Waals surface area contributed by atoms with Gasteiger partial charge < -0.3 is 10.1 Å². The van der Waals surface area contributed by atoms with E-state index in [9.17, 15) is 23.3 Å². The van der Waals surface area contributed by atoms with Gasteiger partial charge in [-0.25, -0.2) is 8.42 Å². The number of ether oxygens (including phenoxy) is 1. The molecule has 1 amide bonds. The van der Waals surface area contributed by atoms with E-state index in [0.717, 1.165) is 6.07 Å². The van der Waals surface area contributed by atoms with Crippen molar-refractivity contribution in [2.75, 3.05) is 17.9 Å². The second kappa shape index (κ2) is 8.49. The molecule has 2 aromatic carbocycles. The van der Waals surface area contributed by atoms with Crippen molar-refractivity contribution in [2.24, 2.45) is 0 Å². The minimum Gasteiger partial charge on any atom is -0.484 e. The molecule has 2 aromatic rings. The maximum absolute atomic E-state index is 12.5. The highest BCUT2D eigenvalue weighted by Gasteiger charge is 2.20. The van der Waals surface area contributed by atoms with Crippen LogP contribution in [0.3, 0.4) is 0 Å². The number of hydrogen-bond acceptors (Lipinski definition) is 6. The van der Waals surface area contributed by atoms with Crippen molar-refractivity contribution in [3.8, 4) is 5.75 Å². The lowest BCUT2D eigenvalue weighted by Crippen LogP contribution is -2.28. The Kier molecular flexibility index (Phi) is 6.35. The second-order valence-corrected chi connectivity index (χ2v) is 7.26. The van der Waals surface area contributed by atoms with Gasteiger partial charge in [-0.15, -0.1) is 0 Å². The molecule has 10 heteroatoms. The Morgan fingerprint density at radius 1 is 1.22 bits per heavy atom. The van der Waals surface area contributed by atoms with Gasteiger partial charge in [-0.1, -0.05) is 12.1 Å². The normalized spacial score (nSPS) is 10.9. The molecule has 0 unspecified atom stereocenters. The molecule has 0 bridgehead atoms. The summed E-state index contributed by atoms with van der Waals surface area (Å²) in [5.74, 6) is 0.00629. The maximum Gasteiger partial charge on any atom is 0.273 e. The minimum atomic E-state index is -4.03. The van der Waals surface area contributed by atoms with Crippen molar-refractivity contribution in [2.45, 2.75) is 18.7 Å². The van der Waals surface area contributed by atoms with Gasteiger partial charge in [0.25, 0.3) is 21.6 Å². The summed E-state index contributed by atoms with van der Waals surface area (Å²) in [7, 11) is -4.03. The van der Waals surface area contributed by atoms with Crippen LogP contribution < -0.4 is 14.8 Å². The van der Waals surface area contributed by atoms with Gasteiger partial charge >= 0.3 is 0 Å². The van der Waals surface area contributed by atoms with Crippen LogP contribution in [0.4, 0.5) is 11.4 Å². The fourth-order valence-electron chi connectivity index (χ4n) is 2.21. The van der Waals surface area contributed by atoms with E-state index in [0.29, 0.717) is 17.9 Å². The summed E-state index contributed by atoms with van der Waals surface area (Å²) in [4.78, 5) is 21.6. The van der Waals surface area contributed by atoms with Crippen LogP contribution in [0.2, 0.25) is 0 Å². The Bertz CT molecular complexity index is 959. The number of benzene rings is 2. The number of carbonyl (C=O) groups excluding carboxylic acids is 1. The zero-order valence-corrected chi connectivity index (χ0v) is 15.6. The van der Waals surface area contributed by atoms with Crippen molar-refractivity contribution < 1.29 is 22.9 Å². The number of carbonyl (C=O) groups is 1. The minimum absolute atomic E-state index is 0.200. The van der Waals surface area contributed by atoms with Gasteiger partial charge in [0.05, 0.1) is 15.5 Å². The molecule has 0 atom stereocenters. The van der Waals surface area contributed by atoms with Crippen LogP contribution in [0.1, 0.15) is 12.5 Å². The van der Waals surface area contributed by atoms with Crippen molar-refractivity contribution in [3.05, 3.63) is 58.1 Å². The number of nitrogens with one attached hydrogen (secondary N) is 2. The number of aryl methyl sites for hydroxylation is 1. The summed E-state index contributed by atoms with van der Waals surface area (Å²) >= 11 is 0. The molecule has 2 rings (SSSR count). The van der Waals surface area contributed by atoms with Crippen LogP contribution >= 0.6 is 0 Å². The van der Waals surface area contributed by atoms with Gasteiger partial charge in [-0.2, -0.15) is 0 Å². The lowest BCUT2D eigenvalue weighted by atomic mass is 10.2. The SMILES string of the molecule is CCNC(=O)COc1cccc(NS(=O)(=O)c2ccc(C)c([N+](=O)[O-])c2)c1. The molecule has 2 N–H and O–H groups in total. The van der Waals surface area contributed by atoms with E-state index >= 15 is 0 Å². The quantitative estimate of drug-likeness (QED) is 0.523. The van der Waals surface area contributed by atoms with Crippen molar-refractivity contribution >= 4 is 27.3 Å². The van der Waals surface area contributed by atoms with E-state index in [-0.39, 0.29) is 28.8 Å². The molecule has 0 radical (unpaired) electrons. The van der Waals surface area contributed by atoms with Crippen LogP contribution in [0.25, 0.3) is 0 Å². The molecule has 0 aliphatic carbocycles. The molecule has 0 aliphatic rings. The number of nitrogens with zero attached hydrogens (tertiary/aromatic N) is 1. The van der Waals surface area contributed by atoms with Gasteiger partial charge in [0.2, 0.25) is 0 Å². The van der Waals surface area contributed by atoms with E-state index in [2.05, 4.69) is 10.0 Å². The van der Waals surface area contributed by atoms with Crippen LogP contribution in [0, 0.1) is 17.0 Å². The number of likely N-dealkylation sites (N-methyl/N-ethyl adjacent to an activating group) is 1. The third-order valence-corrected chi connectivity index (χ3v) is 4.90. The first-order valence-electron chi connectivity index (χ1n) is 8.00. The lowest BCUT2D eigenvalue weighted by molar-refractivity contribution is -0.385. The molecular formula is C17H19N3O6S. The van der Waals surface area contributed by atoms with Gasteiger partial charge in [0.15, 0.2) is 6.61 Å². The molecule has 0 saturated heterocycles. The van der Waals surface area contributed by atoms with Gasteiger partial charge in [-0.3, -0.25) is 19.6 Å². The summed E-state index contributed by atoms with van der Waals surface area (Å²) in [6.45, 7) is 3.58. The number of rotatable bonds is 8. The van der Waals surface area contributed by atoms with E-state index in [1.54, 1.807) is 19.1 Å². The summed E-state index contributed by atoms with van der Waals surface area (Å²) in [6, 6.07) is 9.72. The van der Waals surface area contributed by atoms with Crippen LogP contribution in [-0.4, -0.2) is 32.4 Å². The van der Waals surface area contributed by atoms with Gasteiger partial charge in [0, 0.05) is 24.2 Å². The van der Waals surface area contributed by atoms with E-state index in [1.165, 1.54) is 31.2 Å². The Morgan fingerprint density at radius 3 is 2.63 bits per heavy atom. The first kappa shape index (κ1) is 20.2. The van der Waals surface area contributed by atoms with Gasteiger partial charge in [-0.05, 0) is 32.0 Å². The summed E-state index contributed by atoms with van der Waals surface area (Å²) < 4.78 is 32.7. The van der Waals surface area contributed by atoms with E-state index in [1.807, 2.05) is 0 Å². The van der Waals surface area contributed by atoms with Crippen LogP contribution in [0.5, 0.6) is 5.75 Å². The lowest BCUT2D eigenvalue weighted by Gasteiger charge is -2.11. The topological polar surface area (TPSA) is 128 Å². The largest absolute Gasteiger partial charge is 0.484 e. The molecule has 0 heterocycles. The Morgan fingerprint density at radius 2 is 1.96 bits per heavy atom. The number of amides is 1. The average molecular weight is 393 g/mol. The highest BCUT2D eigenvalue weighted by atomic mass is 32.2. The number of anilines is 1. The van der Waals surface area contributed by atoms with Crippen molar-refractivity contribution in [1.29, 1.82) is 0 Å². The van der Waals surface area contributed by atoms with Crippen LogP contribution in [0.15, 0.2) is 47.4 Å². The zero-order valence-electron chi connectivity index (χ0n) is 14.8. The Labute approximate surface area is 156 Å². The summed E-state index contributed by atoms with van der Waals surface area (Å²) in [6.07, 6.45) is 0.